The lowest BCUT2D eigenvalue weighted by Gasteiger charge is -2.03. The molecule has 0 N–H and O–H groups in total. The van der Waals surface area contributed by atoms with E-state index in [1.54, 1.807) is 23.0 Å². The van der Waals surface area contributed by atoms with Crippen molar-refractivity contribution < 1.29 is 4.39 Å². The summed E-state index contributed by atoms with van der Waals surface area (Å²) in [6, 6.07) is 14.3. The second kappa shape index (κ2) is 7.68. The topological polar surface area (TPSA) is 29.6 Å². The summed E-state index contributed by atoms with van der Waals surface area (Å²) in [6.45, 7) is 2.66. The van der Waals surface area contributed by atoms with E-state index in [0.29, 0.717) is 6.54 Å². The summed E-state index contributed by atoms with van der Waals surface area (Å²) >= 11 is 4.94. The van der Waals surface area contributed by atoms with Crippen molar-refractivity contribution in [1.29, 1.82) is 0 Å². The molecule has 1 heterocycles. The van der Waals surface area contributed by atoms with E-state index in [2.05, 4.69) is 26.0 Å². The molecule has 0 aliphatic heterocycles. The molecule has 0 unspecified atom stereocenters. The van der Waals surface area contributed by atoms with Crippen LogP contribution >= 0.6 is 27.3 Å². The Bertz CT molecular complexity index is 909. The molecule has 3 rings (SSSR count). The summed E-state index contributed by atoms with van der Waals surface area (Å²) in [5.74, 6) is -0.252. The Morgan fingerprint density at radius 1 is 1.12 bits per heavy atom. The molecule has 2 aromatic carbocycles. The Morgan fingerprint density at radius 2 is 1.83 bits per heavy atom. The van der Waals surface area contributed by atoms with Crippen LogP contribution in [0.15, 0.2) is 68.5 Å². The molecule has 3 aromatic rings. The first-order valence-corrected chi connectivity index (χ1v) is 9.11. The van der Waals surface area contributed by atoms with Crippen LogP contribution < -0.4 is 4.80 Å². The highest BCUT2D eigenvalue weighted by molar-refractivity contribution is 9.10. The third-order valence-corrected chi connectivity index (χ3v) is 4.69. The summed E-state index contributed by atoms with van der Waals surface area (Å²) in [7, 11) is 0. The highest BCUT2D eigenvalue weighted by Crippen LogP contribution is 2.20. The molecule has 0 radical (unpaired) electrons. The summed E-state index contributed by atoms with van der Waals surface area (Å²) < 4.78 is 16.0. The standard InChI is InChI=1S/C18H15BrFN3S/c1-2-21-18-23(22-11-13-3-7-15(19)8-4-13)17(12-24-18)14-5-9-16(20)10-6-14/h3-12H,2H2,1H3/b21-18?,22-11+. The molecule has 1 aromatic heterocycles. The number of hydrogen-bond acceptors (Lipinski definition) is 3. The smallest absolute Gasteiger partial charge is 0.206 e. The molecule has 24 heavy (non-hydrogen) atoms. The minimum absolute atomic E-state index is 0.252. The van der Waals surface area contributed by atoms with Crippen molar-refractivity contribution in [1.82, 2.24) is 4.68 Å². The number of rotatable bonds is 4. The van der Waals surface area contributed by atoms with Gasteiger partial charge >= 0.3 is 0 Å². The molecule has 6 heteroatoms. The van der Waals surface area contributed by atoms with E-state index >= 15 is 0 Å². The van der Waals surface area contributed by atoms with Crippen LogP contribution in [0.25, 0.3) is 11.3 Å². The SMILES string of the molecule is CCN=c1scc(-c2ccc(F)cc2)n1/N=C/c1ccc(Br)cc1. The second-order valence-electron chi connectivity index (χ2n) is 4.99. The minimum Gasteiger partial charge on any atom is -0.258 e. The summed E-state index contributed by atoms with van der Waals surface area (Å²) in [5, 5.41) is 6.57. The van der Waals surface area contributed by atoms with Gasteiger partial charge in [0.15, 0.2) is 0 Å². The highest BCUT2D eigenvalue weighted by Gasteiger charge is 2.07. The predicted molar refractivity (Wildman–Crippen MR) is 101 cm³/mol. The van der Waals surface area contributed by atoms with Gasteiger partial charge in [-0.25, -0.2) is 9.07 Å². The number of thiazole rings is 1. The Morgan fingerprint density at radius 3 is 2.50 bits per heavy atom. The molecule has 0 aliphatic carbocycles. The first-order chi connectivity index (χ1) is 11.7. The van der Waals surface area contributed by atoms with Crippen LogP contribution in [0, 0.1) is 5.82 Å². The maximum Gasteiger partial charge on any atom is 0.206 e. The fourth-order valence-corrected chi connectivity index (χ4v) is 3.31. The Hall–Kier alpha value is -2.05. The summed E-state index contributed by atoms with van der Waals surface area (Å²) in [6.07, 6.45) is 1.79. The van der Waals surface area contributed by atoms with E-state index in [1.165, 1.54) is 23.5 Å². The van der Waals surface area contributed by atoms with Gasteiger partial charge in [-0.15, -0.1) is 11.3 Å². The van der Waals surface area contributed by atoms with Crippen molar-refractivity contribution in [2.75, 3.05) is 6.54 Å². The monoisotopic (exact) mass is 403 g/mol. The zero-order valence-corrected chi connectivity index (χ0v) is 15.4. The quantitative estimate of drug-likeness (QED) is 0.553. The van der Waals surface area contributed by atoms with Crippen molar-refractivity contribution in [3.05, 3.63) is 74.6 Å². The molecular formula is C18H15BrFN3S. The third-order valence-electron chi connectivity index (χ3n) is 3.31. The predicted octanol–water partition coefficient (Wildman–Crippen LogP) is 4.92. The minimum atomic E-state index is -0.252. The first kappa shape index (κ1) is 16.8. The molecule has 0 fully saturated rings. The highest BCUT2D eigenvalue weighted by atomic mass is 79.9. The number of nitrogens with zero attached hydrogens (tertiary/aromatic N) is 3. The van der Waals surface area contributed by atoms with Gasteiger partial charge in [-0.3, -0.25) is 4.99 Å². The van der Waals surface area contributed by atoms with Gasteiger partial charge in [-0.05, 0) is 48.9 Å². The Kier molecular flexibility index (Phi) is 5.37. The fraction of sp³-hybridized carbons (Fsp3) is 0.111. The maximum atomic E-state index is 13.2. The average Bonchev–Trinajstić information content (AvgIpc) is 2.98. The lowest BCUT2D eigenvalue weighted by Crippen LogP contribution is -2.12. The van der Waals surface area contributed by atoms with E-state index < -0.39 is 0 Å². The van der Waals surface area contributed by atoms with Gasteiger partial charge < -0.3 is 0 Å². The van der Waals surface area contributed by atoms with Crippen molar-refractivity contribution in [3.8, 4) is 11.3 Å². The number of benzene rings is 2. The number of halogens is 2. The van der Waals surface area contributed by atoms with Gasteiger partial charge in [0.25, 0.3) is 0 Å². The van der Waals surface area contributed by atoms with Crippen molar-refractivity contribution in [3.63, 3.8) is 0 Å². The molecule has 3 nitrogen and oxygen atoms in total. The van der Waals surface area contributed by atoms with Gasteiger partial charge in [0, 0.05) is 22.0 Å². The van der Waals surface area contributed by atoms with Gasteiger partial charge in [-0.1, -0.05) is 28.1 Å². The van der Waals surface area contributed by atoms with Gasteiger partial charge in [0.05, 0.1) is 11.9 Å². The zero-order valence-electron chi connectivity index (χ0n) is 13.0. The Balaban J connectivity index is 2.04. The normalized spacial score (nSPS) is 12.2. The molecule has 0 amide bonds. The van der Waals surface area contributed by atoms with Crippen LogP contribution in [-0.2, 0) is 0 Å². The summed E-state index contributed by atoms with van der Waals surface area (Å²) in [4.78, 5) is 5.29. The van der Waals surface area contributed by atoms with Gasteiger partial charge in [-0.2, -0.15) is 5.10 Å². The molecule has 0 spiro atoms. The van der Waals surface area contributed by atoms with Crippen LogP contribution in [0.3, 0.4) is 0 Å². The molecule has 122 valence electrons. The van der Waals surface area contributed by atoms with E-state index in [0.717, 1.165) is 26.1 Å². The van der Waals surface area contributed by atoms with E-state index in [-0.39, 0.29) is 5.82 Å². The average molecular weight is 404 g/mol. The van der Waals surface area contributed by atoms with Crippen LogP contribution in [0.2, 0.25) is 0 Å². The van der Waals surface area contributed by atoms with E-state index in [4.69, 9.17) is 0 Å². The van der Waals surface area contributed by atoms with Crippen molar-refractivity contribution in [2.24, 2.45) is 10.1 Å². The lowest BCUT2D eigenvalue weighted by atomic mass is 10.2. The number of aromatic nitrogens is 1. The van der Waals surface area contributed by atoms with E-state index in [9.17, 15) is 4.39 Å². The largest absolute Gasteiger partial charge is 0.258 e. The zero-order chi connectivity index (χ0) is 16.9. The van der Waals surface area contributed by atoms with Crippen LogP contribution in [0.1, 0.15) is 12.5 Å². The molecule has 0 aliphatic rings. The first-order valence-electron chi connectivity index (χ1n) is 7.44. The molecule has 0 saturated heterocycles. The van der Waals surface area contributed by atoms with E-state index in [1.807, 2.05) is 36.6 Å². The van der Waals surface area contributed by atoms with Crippen LogP contribution in [0.4, 0.5) is 4.39 Å². The Labute approximate surface area is 152 Å². The fourth-order valence-electron chi connectivity index (χ4n) is 2.15. The van der Waals surface area contributed by atoms with Crippen LogP contribution in [0.5, 0.6) is 0 Å². The maximum absolute atomic E-state index is 13.2. The van der Waals surface area contributed by atoms with Gasteiger partial charge in [0.1, 0.15) is 5.82 Å². The second-order valence-corrected chi connectivity index (χ2v) is 6.74. The lowest BCUT2D eigenvalue weighted by molar-refractivity contribution is 0.628. The van der Waals surface area contributed by atoms with Crippen LogP contribution in [-0.4, -0.2) is 17.4 Å². The van der Waals surface area contributed by atoms with Crippen molar-refractivity contribution >= 4 is 33.5 Å². The molecule has 0 bridgehead atoms. The molecule has 0 atom stereocenters. The number of hydrogen-bond donors (Lipinski definition) is 0. The molecule has 0 saturated carbocycles. The third kappa shape index (κ3) is 3.88. The molecular weight excluding hydrogens is 389 g/mol. The van der Waals surface area contributed by atoms with Gasteiger partial charge in [0.2, 0.25) is 4.80 Å². The van der Waals surface area contributed by atoms with Crippen molar-refractivity contribution in [2.45, 2.75) is 6.92 Å². The summed E-state index contributed by atoms with van der Waals surface area (Å²) in [5.41, 5.74) is 2.78.